The Morgan fingerprint density at radius 1 is 0.938 bits per heavy atom. The fraction of sp³-hybridized carbons (Fsp3) is 0.259. The number of rotatable bonds is 4. The van der Waals surface area contributed by atoms with E-state index in [1.54, 1.807) is 18.1 Å². The molecular weight excluding hydrogens is 402 g/mol. The molecule has 0 radical (unpaired) electrons. The van der Waals surface area contributed by atoms with Gasteiger partial charge in [0.05, 0.1) is 18.7 Å². The van der Waals surface area contributed by atoms with Gasteiger partial charge in [-0.2, -0.15) is 0 Å². The molecule has 1 saturated carbocycles. The fourth-order valence-electron chi connectivity index (χ4n) is 5.10. The van der Waals surface area contributed by atoms with Gasteiger partial charge >= 0.3 is 0 Å². The van der Waals surface area contributed by atoms with Crippen LogP contribution in [0.4, 0.5) is 0 Å². The molecule has 1 amide bonds. The minimum absolute atomic E-state index is 0.00336. The number of nitrogens with zero attached hydrogens (tertiary/aromatic N) is 1. The van der Waals surface area contributed by atoms with E-state index >= 15 is 0 Å². The van der Waals surface area contributed by atoms with Gasteiger partial charge in [0.25, 0.3) is 11.7 Å². The van der Waals surface area contributed by atoms with Crippen molar-refractivity contribution in [3.8, 4) is 5.75 Å². The van der Waals surface area contributed by atoms with Crippen molar-refractivity contribution in [1.29, 1.82) is 0 Å². The largest absolute Gasteiger partial charge is 0.507 e. The second-order valence-corrected chi connectivity index (χ2v) is 8.44. The van der Waals surface area contributed by atoms with Crippen LogP contribution in [0.5, 0.6) is 5.75 Å². The Morgan fingerprint density at radius 3 is 2.34 bits per heavy atom. The minimum Gasteiger partial charge on any atom is -0.507 e. The topological polar surface area (TPSA) is 66.8 Å². The molecule has 5 nitrogen and oxygen atoms in total. The number of aliphatic hydroxyl groups excluding tert-OH is 1. The summed E-state index contributed by atoms with van der Waals surface area (Å²) < 4.78 is 5.28. The van der Waals surface area contributed by atoms with Crippen molar-refractivity contribution in [2.24, 2.45) is 0 Å². The van der Waals surface area contributed by atoms with Crippen molar-refractivity contribution < 1.29 is 19.4 Å². The summed E-state index contributed by atoms with van der Waals surface area (Å²) in [5.41, 5.74) is 1.51. The minimum atomic E-state index is -0.622. The molecule has 0 aromatic heterocycles. The van der Waals surface area contributed by atoms with Crippen molar-refractivity contribution in [2.45, 2.75) is 37.8 Å². The zero-order valence-corrected chi connectivity index (χ0v) is 18.0. The molecule has 2 aliphatic rings. The summed E-state index contributed by atoms with van der Waals surface area (Å²) in [5.74, 6) is -0.579. The molecule has 5 heteroatoms. The van der Waals surface area contributed by atoms with Crippen molar-refractivity contribution in [3.05, 3.63) is 83.4 Å². The number of carbonyl (C=O) groups is 2. The van der Waals surface area contributed by atoms with Crippen molar-refractivity contribution in [1.82, 2.24) is 4.90 Å². The third kappa shape index (κ3) is 3.25. The van der Waals surface area contributed by atoms with Crippen LogP contribution in [0.25, 0.3) is 16.5 Å². The molecule has 3 aromatic carbocycles. The Bertz CT molecular complexity index is 1220. The number of benzene rings is 3. The monoisotopic (exact) mass is 427 g/mol. The molecule has 32 heavy (non-hydrogen) atoms. The molecule has 1 saturated heterocycles. The molecule has 1 atom stereocenters. The normalized spacial score (nSPS) is 20.9. The molecule has 1 aliphatic carbocycles. The molecule has 1 heterocycles. The van der Waals surface area contributed by atoms with Crippen LogP contribution in [0, 0.1) is 0 Å². The Balaban J connectivity index is 1.72. The molecule has 0 spiro atoms. The summed E-state index contributed by atoms with van der Waals surface area (Å²) in [5, 5.41) is 13.3. The lowest BCUT2D eigenvalue weighted by atomic mass is 9.93. The van der Waals surface area contributed by atoms with Gasteiger partial charge in [0.2, 0.25) is 0 Å². The Hall–Kier alpha value is -3.60. The molecular formula is C27H25NO4. The van der Waals surface area contributed by atoms with Crippen molar-refractivity contribution >= 4 is 28.2 Å². The molecule has 5 rings (SSSR count). The van der Waals surface area contributed by atoms with Gasteiger partial charge in [-0.15, -0.1) is 0 Å². The van der Waals surface area contributed by atoms with Crippen LogP contribution in [0.3, 0.4) is 0 Å². The maximum atomic E-state index is 13.3. The summed E-state index contributed by atoms with van der Waals surface area (Å²) in [6, 6.07) is 20.1. The first kappa shape index (κ1) is 20.3. The number of ketones is 1. The standard InChI is InChI=1S/C27H25NO4/c1-32-20-15-13-18(14-16-20)24-23(26(30)27(31)28(24)19-9-3-4-10-19)25(29)22-12-6-8-17-7-2-5-11-21(17)22/h2,5-8,11-16,19,24,29H,3-4,9-10H2,1H3/b25-23-. The van der Waals surface area contributed by atoms with E-state index in [-0.39, 0.29) is 17.4 Å². The van der Waals surface area contributed by atoms with E-state index in [4.69, 9.17) is 4.74 Å². The Labute approximate surface area is 186 Å². The Morgan fingerprint density at radius 2 is 1.62 bits per heavy atom. The van der Waals surface area contributed by atoms with Gasteiger partial charge in [0.1, 0.15) is 11.5 Å². The molecule has 2 fully saturated rings. The zero-order chi connectivity index (χ0) is 22.2. The zero-order valence-electron chi connectivity index (χ0n) is 18.0. The number of hydrogen-bond donors (Lipinski definition) is 1. The molecule has 162 valence electrons. The molecule has 3 aromatic rings. The maximum Gasteiger partial charge on any atom is 0.295 e. The van der Waals surface area contributed by atoms with Crippen LogP contribution in [0.1, 0.15) is 42.9 Å². The third-order valence-electron chi connectivity index (χ3n) is 6.67. The average Bonchev–Trinajstić information content (AvgIpc) is 3.45. The lowest BCUT2D eigenvalue weighted by molar-refractivity contribution is -0.141. The van der Waals surface area contributed by atoms with Crippen LogP contribution in [-0.2, 0) is 9.59 Å². The molecule has 0 bridgehead atoms. The summed E-state index contributed by atoms with van der Waals surface area (Å²) in [7, 11) is 1.60. The van der Waals surface area contributed by atoms with Crippen LogP contribution >= 0.6 is 0 Å². The number of methoxy groups -OCH3 is 1. The van der Waals surface area contributed by atoms with E-state index in [0.717, 1.165) is 42.0 Å². The number of amides is 1. The van der Waals surface area contributed by atoms with Gasteiger partial charge in [-0.25, -0.2) is 0 Å². The van der Waals surface area contributed by atoms with Crippen LogP contribution < -0.4 is 4.74 Å². The number of ether oxygens (including phenoxy) is 1. The number of likely N-dealkylation sites (tertiary alicyclic amines) is 1. The lowest BCUT2D eigenvalue weighted by Gasteiger charge is -2.30. The van der Waals surface area contributed by atoms with Gasteiger partial charge < -0.3 is 14.7 Å². The smallest absolute Gasteiger partial charge is 0.295 e. The van der Waals surface area contributed by atoms with E-state index in [1.807, 2.05) is 60.7 Å². The van der Waals surface area contributed by atoms with Crippen LogP contribution in [0.15, 0.2) is 72.3 Å². The molecule has 1 unspecified atom stereocenters. The van der Waals surface area contributed by atoms with Gasteiger partial charge in [0.15, 0.2) is 0 Å². The second-order valence-electron chi connectivity index (χ2n) is 8.44. The highest BCUT2D eigenvalue weighted by Crippen LogP contribution is 2.44. The van der Waals surface area contributed by atoms with Gasteiger partial charge in [-0.3, -0.25) is 9.59 Å². The quantitative estimate of drug-likeness (QED) is 0.352. The third-order valence-corrected chi connectivity index (χ3v) is 6.67. The molecule has 1 N–H and O–H groups in total. The van der Waals surface area contributed by atoms with Gasteiger partial charge in [-0.1, -0.05) is 67.4 Å². The summed E-state index contributed by atoms with van der Waals surface area (Å²) in [6.07, 6.45) is 3.81. The predicted octanol–water partition coefficient (Wildman–Crippen LogP) is 5.21. The Kier molecular flexibility index (Phi) is 5.17. The van der Waals surface area contributed by atoms with E-state index < -0.39 is 17.7 Å². The molecule has 1 aliphatic heterocycles. The number of fused-ring (bicyclic) bond motifs is 1. The first-order valence-corrected chi connectivity index (χ1v) is 11.0. The lowest BCUT2D eigenvalue weighted by Crippen LogP contribution is -2.37. The summed E-state index contributed by atoms with van der Waals surface area (Å²) in [4.78, 5) is 28.2. The number of hydrogen-bond acceptors (Lipinski definition) is 4. The van der Waals surface area contributed by atoms with Crippen LogP contribution in [-0.4, -0.2) is 34.8 Å². The van der Waals surface area contributed by atoms with E-state index in [9.17, 15) is 14.7 Å². The first-order valence-electron chi connectivity index (χ1n) is 11.0. The first-order chi connectivity index (χ1) is 15.6. The van der Waals surface area contributed by atoms with E-state index in [2.05, 4.69) is 0 Å². The average molecular weight is 428 g/mol. The maximum absolute atomic E-state index is 13.3. The summed E-state index contributed by atoms with van der Waals surface area (Å²) in [6.45, 7) is 0. The van der Waals surface area contributed by atoms with E-state index in [0.29, 0.717) is 11.3 Å². The van der Waals surface area contributed by atoms with Crippen LogP contribution in [0.2, 0.25) is 0 Å². The van der Waals surface area contributed by atoms with Crippen molar-refractivity contribution in [2.75, 3.05) is 7.11 Å². The fourth-order valence-corrected chi connectivity index (χ4v) is 5.10. The highest BCUT2D eigenvalue weighted by molar-refractivity contribution is 6.46. The SMILES string of the molecule is COc1ccc(C2/C(=C(/O)c3cccc4ccccc34)C(=O)C(=O)N2C2CCCC2)cc1. The number of carbonyl (C=O) groups excluding carboxylic acids is 2. The van der Waals surface area contributed by atoms with Gasteiger partial charge in [-0.05, 0) is 41.3 Å². The van der Waals surface area contributed by atoms with Gasteiger partial charge in [0, 0.05) is 11.6 Å². The van der Waals surface area contributed by atoms with E-state index in [1.165, 1.54) is 0 Å². The highest BCUT2D eigenvalue weighted by atomic mass is 16.5. The predicted molar refractivity (Wildman–Crippen MR) is 123 cm³/mol. The number of aliphatic hydroxyl groups is 1. The highest BCUT2D eigenvalue weighted by Gasteiger charge is 2.49. The van der Waals surface area contributed by atoms with Crippen molar-refractivity contribution in [3.63, 3.8) is 0 Å². The second kappa shape index (κ2) is 8.15. The number of Topliss-reactive ketones (excluding diaryl/α,β-unsaturated/α-hetero) is 1. The summed E-state index contributed by atoms with van der Waals surface area (Å²) >= 11 is 0.